The maximum Gasteiger partial charge on any atom is 0.165 e. The molecule has 21 heavy (non-hydrogen) atoms. The van der Waals surface area contributed by atoms with Crippen molar-refractivity contribution in [3.63, 3.8) is 0 Å². The maximum atomic E-state index is 13.7. The smallest absolute Gasteiger partial charge is 0.165 e. The largest absolute Gasteiger partial charge is 0.352 e. The fraction of sp³-hybridized carbons (Fsp3) is 0.353. The minimum absolute atomic E-state index is 0.227. The third kappa shape index (κ3) is 3.58. The summed E-state index contributed by atoms with van der Waals surface area (Å²) in [5.41, 5.74) is 1.37. The lowest BCUT2D eigenvalue weighted by Crippen LogP contribution is -2.47. The normalized spacial score (nSPS) is 16.1. The first-order valence-corrected chi connectivity index (χ1v) is 7.45. The van der Waals surface area contributed by atoms with Crippen LogP contribution >= 0.6 is 0 Å². The van der Waals surface area contributed by atoms with Gasteiger partial charge in [0.25, 0.3) is 0 Å². The van der Waals surface area contributed by atoms with Crippen LogP contribution in [0.15, 0.2) is 48.7 Å². The number of anilines is 1. The van der Waals surface area contributed by atoms with Crippen molar-refractivity contribution in [2.75, 3.05) is 37.6 Å². The molecule has 0 amide bonds. The third-order valence-electron chi connectivity index (χ3n) is 3.97. The first kappa shape index (κ1) is 14.0. The maximum absolute atomic E-state index is 13.7. The minimum Gasteiger partial charge on any atom is -0.352 e. The molecule has 0 saturated carbocycles. The molecule has 0 atom stereocenters. The van der Waals surface area contributed by atoms with Crippen LogP contribution in [0.3, 0.4) is 0 Å². The molecule has 0 N–H and O–H groups in total. The lowest BCUT2D eigenvalue weighted by molar-refractivity contribution is 0.259. The Hall–Kier alpha value is -1.94. The average molecular weight is 285 g/mol. The lowest BCUT2D eigenvalue weighted by atomic mass is 10.1. The topological polar surface area (TPSA) is 19.4 Å². The summed E-state index contributed by atoms with van der Waals surface area (Å²) in [6.45, 7) is 4.65. The van der Waals surface area contributed by atoms with Crippen LogP contribution < -0.4 is 4.90 Å². The van der Waals surface area contributed by atoms with Gasteiger partial charge in [-0.15, -0.1) is 0 Å². The van der Waals surface area contributed by atoms with Gasteiger partial charge in [-0.2, -0.15) is 0 Å². The van der Waals surface area contributed by atoms with Gasteiger partial charge in [0, 0.05) is 38.9 Å². The minimum atomic E-state index is -0.227. The number of hydrogen-bond acceptors (Lipinski definition) is 3. The molecule has 1 aliphatic rings. The molecule has 1 aromatic carbocycles. The number of pyridine rings is 1. The summed E-state index contributed by atoms with van der Waals surface area (Å²) in [6, 6.07) is 13.6. The van der Waals surface area contributed by atoms with Gasteiger partial charge >= 0.3 is 0 Å². The molecule has 2 heterocycles. The average Bonchev–Trinajstić information content (AvgIpc) is 2.55. The molecule has 0 spiro atoms. The van der Waals surface area contributed by atoms with Gasteiger partial charge in [0.15, 0.2) is 11.6 Å². The quantitative estimate of drug-likeness (QED) is 0.861. The number of halogens is 1. The highest BCUT2D eigenvalue weighted by atomic mass is 19.1. The van der Waals surface area contributed by atoms with E-state index in [-0.39, 0.29) is 5.82 Å². The number of aromatic nitrogens is 1. The molecule has 0 aliphatic carbocycles. The number of piperazine rings is 1. The third-order valence-corrected chi connectivity index (χ3v) is 3.97. The highest BCUT2D eigenvalue weighted by Gasteiger charge is 2.19. The molecule has 1 saturated heterocycles. The highest BCUT2D eigenvalue weighted by Crippen LogP contribution is 2.17. The van der Waals surface area contributed by atoms with E-state index in [2.05, 4.69) is 34.1 Å². The van der Waals surface area contributed by atoms with Crippen molar-refractivity contribution in [1.82, 2.24) is 9.88 Å². The first-order chi connectivity index (χ1) is 10.3. The molecular weight excluding hydrogens is 265 g/mol. The van der Waals surface area contributed by atoms with E-state index in [0.717, 1.165) is 39.1 Å². The Balaban J connectivity index is 1.50. The lowest BCUT2D eigenvalue weighted by Gasteiger charge is -2.35. The van der Waals surface area contributed by atoms with Gasteiger partial charge < -0.3 is 4.90 Å². The van der Waals surface area contributed by atoms with Crippen molar-refractivity contribution in [3.05, 3.63) is 60.0 Å². The molecule has 0 unspecified atom stereocenters. The van der Waals surface area contributed by atoms with Crippen molar-refractivity contribution in [2.24, 2.45) is 0 Å². The SMILES string of the molecule is Fc1cccnc1N1CCN(CCc2ccccc2)CC1. The van der Waals surface area contributed by atoms with Crippen molar-refractivity contribution in [1.29, 1.82) is 0 Å². The van der Waals surface area contributed by atoms with Crippen LogP contribution in [-0.4, -0.2) is 42.6 Å². The summed E-state index contributed by atoms with van der Waals surface area (Å²) in [7, 11) is 0. The summed E-state index contributed by atoms with van der Waals surface area (Å²) in [5.74, 6) is 0.260. The van der Waals surface area contributed by atoms with E-state index >= 15 is 0 Å². The van der Waals surface area contributed by atoms with Crippen molar-refractivity contribution < 1.29 is 4.39 Å². The van der Waals surface area contributed by atoms with Gasteiger partial charge in [-0.05, 0) is 24.1 Å². The molecular formula is C17H20FN3. The van der Waals surface area contributed by atoms with Crippen molar-refractivity contribution in [2.45, 2.75) is 6.42 Å². The van der Waals surface area contributed by atoms with Gasteiger partial charge in [-0.25, -0.2) is 9.37 Å². The first-order valence-electron chi connectivity index (χ1n) is 7.45. The number of benzene rings is 1. The van der Waals surface area contributed by atoms with Crippen LogP contribution in [0.25, 0.3) is 0 Å². The van der Waals surface area contributed by atoms with E-state index in [0.29, 0.717) is 5.82 Å². The van der Waals surface area contributed by atoms with Crippen LogP contribution in [0.5, 0.6) is 0 Å². The van der Waals surface area contributed by atoms with Gasteiger partial charge in [-0.1, -0.05) is 30.3 Å². The summed E-state index contributed by atoms with van der Waals surface area (Å²) in [5, 5.41) is 0. The van der Waals surface area contributed by atoms with E-state index in [1.165, 1.54) is 11.6 Å². The van der Waals surface area contributed by atoms with Crippen LogP contribution in [0.2, 0.25) is 0 Å². The molecule has 0 radical (unpaired) electrons. The van der Waals surface area contributed by atoms with Crippen LogP contribution in [0.4, 0.5) is 10.2 Å². The Morgan fingerprint density at radius 1 is 0.952 bits per heavy atom. The van der Waals surface area contributed by atoms with E-state index in [4.69, 9.17) is 0 Å². The van der Waals surface area contributed by atoms with Crippen LogP contribution in [-0.2, 0) is 6.42 Å². The molecule has 4 heteroatoms. The second-order valence-corrected chi connectivity index (χ2v) is 5.37. The second kappa shape index (κ2) is 6.68. The molecule has 1 aliphatic heterocycles. The molecule has 110 valence electrons. The van der Waals surface area contributed by atoms with E-state index < -0.39 is 0 Å². The predicted molar refractivity (Wildman–Crippen MR) is 83.0 cm³/mol. The van der Waals surface area contributed by atoms with E-state index in [9.17, 15) is 4.39 Å². The van der Waals surface area contributed by atoms with Gasteiger partial charge in [-0.3, -0.25) is 4.90 Å². The molecule has 3 rings (SSSR count). The molecule has 0 bridgehead atoms. The number of hydrogen-bond donors (Lipinski definition) is 0. The van der Waals surface area contributed by atoms with E-state index in [1.807, 2.05) is 11.0 Å². The summed E-state index contributed by atoms with van der Waals surface area (Å²) >= 11 is 0. The van der Waals surface area contributed by atoms with Gasteiger partial charge in [0.2, 0.25) is 0 Å². The Morgan fingerprint density at radius 2 is 1.71 bits per heavy atom. The standard InChI is InChI=1S/C17H20FN3/c18-16-7-4-9-19-17(16)21-13-11-20(12-14-21)10-8-15-5-2-1-3-6-15/h1-7,9H,8,10-14H2. The zero-order valence-electron chi connectivity index (χ0n) is 12.1. The second-order valence-electron chi connectivity index (χ2n) is 5.37. The zero-order chi connectivity index (χ0) is 14.5. The highest BCUT2D eigenvalue weighted by molar-refractivity contribution is 5.40. The Labute approximate surface area is 125 Å². The monoisotopic (exact) mass is 285 g/mol. The Bertz CT molecular complexity index is 565. The van der Waals surface area contributed by atoms with Crippen molar-refractivity contribution >= 4 is 5.82 Å². The fourth-order valence-electron chi connectivity index (χ4n) is 2.73. The molecule has 2 aromatic rings. The van der Waals surface area contributed by atoms with Gasteiger partial charge in [0.05, 0.1) is 0 Å². The Morgan fingerprint density at radius 3 is 2.43 bits per heavy atom. The predicted octanol–water partition coefficient (Wildman–Crippen LogP) is 2.59. The molecule has 1 fully saturated rings. The van der Waals surface area contributed by atoms with Crippen molar-refractivity contribution in [3.8, 4) is 0 Å². The van der Waals surface area contributed by atoms with Gasteiger partial charge in [0.1, 0.15) is 0 Å². The number of rotatable bonds is 4. The van der Waals surface area contributed by atoms with Crippen LogP contribution in [0, 0.1) is 5.82 Å². The summed E-state index contributed by atoms with van der Waals surface area (Å²) in [6.07, 6.45) is 2.72. The van der Waals surface area contributed by atoms with Crippen LogP contribution in [0.1, 0.15) is 5.56 Å². The summed E-state index contributed by atoms with van der Waals surface area (Å²) < 4.78 is 13.7. The fourth-order valence-corrected chi connectivity index (χ4v) is 2.73. The van der Waals surface area contributed by atoms with E-state index in [1.54, 1.807) is 12.3 Å². The molecule has 3 nitrogen and oxygen atoms in total. The summed E-state index contributed by atoms with van der Waals surface area (Å²) in [4.78, 5) is 8.62. The number of nitrogens with zero attached hydrogens (tertiary/aromatic N) is 3. The Kier molecular flexibility index (Phi) is 4.46. The molecule has 1 aromatic heterocycles. The zero-order valence-corrected chi connectivity index (χ0v) is 12.1.